The van der Waals surface area contributed by atoms with Crippen LogP contribution in [-0.2, 0) is 16.0 Å². The molecule has 0 spiro atoms. The highest BCUT2D eigenvalue weighted by Gasteiger charge is 2.22. The number of benzene rings is 2. The zero-order valence-corrected chi connectivity index (χ0v) is 16.1. The summed E-state index contributed by atoms with van der Waals surface area (Å²) in [6.07, 6.45) is 0.439. The molecule has 2 aromatic carbocycles. The lowest BCUT2D eigenvalue weighted by atomic mass is 10.1. The molecule has 27 heavy (non-hydrogen) atoms. The van der Waals surface area contributed by atoms with Gasteiger partial charge in [-0.3, -0.25) is 14.5 Å². The molecule has 2 amide bonds. The normalized spacial score (nSPS) is 14.8. The summed E-state index contributed by atoms with van der Waals surface area (Å²) in [4.78, 5) is 28.7. The number of nitrogens with one attached hydrogen (secondary N) is 1. The van der Waals surface area contributed by atoms with Gasteiger partial charge >= 0.3 is 0 Å². The van der Waals surface area contributed by atoms with Crippen LogP contribution in [-0.4, -0.2) is 54.3 Å². The molecule has 5 nitrogen and oxygen atoms in total. The second-order valence-electron chi connectivity index (χ2n) is 7.23. The van der Waals surface area contributed by atoms with E-state index in [1.807, 2.05) is 67.3 Å². The van der Waals surface area contributed by atoms with E-state index in [1.54, 1.807) is 0 Å². The fourth-order valence-corrected chi connectivity index (χ4v) is 3.19. The van der Waals surface area contributed by atoms with E-state index in [0.29, 0.717) is 26.1 Å². The summed E-state index contributed by atoms with van der Waals surface area (Å²) in [6.45, 7) is 7.20. The lowest BCUT2D eigenvalue weighted by molar-refractivity contribution is -0.132. The topological polar surface area (TPSA) is 52.7 Å². The van der Waals surface area contributed by atoms with E-state index in [-0.39, 0.29) is 11.8 Å². The van der Waals surface area contributed by atoms with Crippen molar-refractivity contribution in [1.82, 2.24) is 9.80 Å². The molecule has 0 unspecified atom stereocenters. The molecule has 142 valence electrons. The van der Waals surface area contributed by atoms with Crippen LogP contribution in [0.2, 0.25) is 0 Å². The predicted molar refractivity (Wildman–Crippen MR) is 108 cm³/mol. The molecule has 0 atom stereocenters. The van der Waals surface area contributed by atoms with E-state index >= 15 is 0 Å². The number of piperazine rings is 1. The van der Waals surface area contributed by atoms with E-state index < -0.39 is 0 Å². The monoisotopic (exact) mass is 365 g/mol. The maximum Gasteiger partial charge on any atom is 0.238 e. The molecule has 1 aliphatic rings. The van der Waals surface area contributed by atoms with Crippen molar-refractivity contribution in [3.05, 3.63) is 65.2 Å². The van der Waals surface area contributed by atoms with Gasteiger partial charge in [-0.25, -0.2) is 0 Å². The van der Waals surface area contributed by atoms with Gasteiger partial charge in [0.25, 0.3) is 0 Å². The van der Waals surface area contributed by atoms with E-state index in [1.165, 1.54) is 11.1 Å². The largest absolute Gasteiger partial charge is 0.340 e. The Balaban J connectivity index is 1.42. The van der Waals surface area contributed by atoms with Crippen molar-refractivity contribution in [2.45, 2.75) is 20.3 Å². The van der Waals surface area contributed by atoms with Gasteiger partial charge in [-0.2, -0.15) is 0 Å². The Morgan fingerprint density at radius 2 is 1.41 bits per heavy atom. The number of carbonyl (C=O) groups excluding carboxylic acids is 2. The first-order valence-electron chi connectivity index (χ1n) is 9.42. The second kappa shape index (κ2) is 8.82. The number of aryl methyl sites for hydroxylation is 2. The molecule has 3 rings (SSSR count). The third-order valence-corrected chi connectivity index (χ3v) is 4.90. The minimum Gasteiger partial charge on any atom is -0.340 e. The summed E-state index contributed by atoms with van der Waals surface area (Å²) in [6, 6.07) is 15.9. The zero-order valence-electron chi connectivity index (χ0n) is 16.1. The molecule has 1 aliphatic heterocycles. The standard InChI is InChI=1S/C22H27N3O2/c1-17-3-7-19(8-4-17)15-22(27)25-13-11-24(12-14-25)16-21(26)23-20-9-5-18(2)6-10-20/h3-10H,11-16H2,1-2H3,(H,23,26). The lowest BCUT2D eigenvalue weighted by Gasteiger charge is -2.34. The number of hydrogen-bond acceptors (Lipinski definition) is 3. The van der Waals surface area contributed by atoms with Crippen LogP contribution in [0.5, 0.6) is 0 Å². The van der Waals surface area contributed by atoms with Crippen LogP contribution < -0.4 is 5.32 Å². The maximum absolute atomic E-state index is 12.5. The fourth-order valence-electron chi connectivity index (χ4n) is 3.19. The third kappa shape index (κ3) is 5.66. The van der Waals surface area contributed by atoms with Crippen LogP contribution in [0.25, 0.3) is 0 Å². The van der Waals surface area contributed by atoms with Crippen molar-refractivity contribution in [2.75, 3.05) is 38.0 Å². The first-order chi connectivity index (χ1) is 13.0. The number of anilines is 1. The molecule has 0 bridgehead atoms. The summed E-state index contributed by atoms with van der Waals surface area (Å²) < 4.78 is 0. The molecular weight excluding hydrogens is 338 g/mol. The van der Waals surface area contributed by atoms with Gasteiger partial charge < -0.3 is 10.2 Å². The Labute approximate surface area is 161 Å². The summed E-state index contributed by atoms with van der Waals surface area (Å²) in [5.41, 5.74) is 4.23. The number of amides is 2. The van der Waals surface area contributed by atoms with Crippen molar-refractivity contribution in [3.8, 4) is 0 Å². The van der Waals surface area contributed by atoms with Gasteiger partial charge in [0.2, 0.25) is 11.8 Å². The molecule has 0 aliphatic carbocycles. The van der Waals surface area contributed by atoms with Gasteiger partial charge in [0.15, 0.2) is 0 Å². The smallest absolute Gasteiger partial charge is 0.238 e. The second-order valence-corrected chi connectivity index (χ2v) is 7.23. The van der Waals surface area contributed by atoms with Crippen LogP contribution in [0.1, 0.15) is 16.7 Å². The molecule has 1 saturated heterocycles. The summed E-state index contributed by atoms with van der Waals surface area (Å²) in [5, 5.41) is 2.93. The van der Waals surface area contributed by atoms with E-state index in [9.17, 15) is 9.59 Å². The summed E-state index contributed by atoms with van der Waals surface area (Å²) in [5.74, 6) is 0.140. The molecule has 0 radical (unpaired) electrons. The van der Waals surface area contributed by atoms with Crippen molar-refractivity contribution < 1.29 is 9.59 Å². The van der Waals surface area contributed by atoms with Crippen LogP contribution >= 0.6 is 0 Å². The molecule has 1 heterocycles. The van der Waals surface area contributed by atoms with Gasteiger partial charge in [-0.1, -0.05) is 47.5 Å². The summed E-state index contributed by atoms with van der Waals surface area (Å²) in [7, 11) is 0. The van der Waals surface area contributed by atoms with Gasteiger partial charge in [-0.05, 0) is 31.5 Å². The van der Waals surface area contributed by atoms with Crippen LogP contribution in [0.4, 0.5) is 5.69 Å². The lowest BCUT2D eigenvalue weighted by Crippen LogP contribution is -2.50. The first kappa shape index (κ1) is 19.1. The van der Waals surface area contributed by atoms with Crippen molar-refractivity contribution in [2.24, 2.45) is 0 Å². The summed E-state index contributed by atoms with van der Waals surface area (Å²) >= 11 is 0. The minimum absolute atomic E-state index is 0.0155. The van der Waals surface area contributed by atoms with Crippen molar-refractivity contribution >= 4 is 17.5 Å². The number of carbonyl (C=O) groups is 2. The highest BCUT2D eigenvalue weighted by Crippen LogP contribution is 2.10. The van der Waals surface area contributed by atoms with Gasteiger partial charge in [0.05, 0.1) is 13.0 Å². The minimum atomic E-state index is -0.0155. The third-order valence-electron chi connectivity index (χ3n) is 4.90. The molecule has 1 fully saturated rings. The fraction of sp³-hybridized carbons (Fsp3) is 0.364. The Morgan fingerprint density at radius 3 is 2.00 bits per heavy atom. The van der Waals surface area contributed by atoms with Crippen LogP contribution in [0, 0.1) is 13.8 Å². The number of rotatable bonds is 5. The highest BCUT2D eigenvalue weighted by atomic mass is 16.2. The zero-order chi connectivity index (χ0) is 19.2. The Kier molecular flexibility index (Phi) is 6.24. The average molecular weight is 365 g/mol. The van der Waals surface area contributed by atoms with Crippen LogP contribution in [0.3, 0.4) is 0 Å². The average Bonchev–Trinajstić information content (AvgIpc) is 2.66. The van der Waals surface area contributed by atoms with Gasteiger partial charge in [0.1, 0.15) is 0 Å². The van der Waals surface area contributed by atoms with Gasteiger partial charge in [-0.15, -0.1) is 0 Å². The molecule has 2 aromatic rings. The Bertz CT molecular complexity index is 776. The maximum atomic E-state index is 12.5. The molecule has 0 saturated carbocycles. The van der Waals surface area contributed by atoms with Crippen molar-refractivity contribution in [3.63, 3.8) is 0 Å². The Hall–Kier alpha value is -2.66. The SMILES string of the molecule is Cc1ccc(CC(=O)N2CCN(CC(=O)Nc3ccc(C)cc3)CC2)cc1. The van der Waals surface area contributed by atoms with E-state index in [4.69, 9.17) is 0 Å². The van der Waals surface area contributed by atoms with Gasteiger partial charge in [0, 0.05) is 31.9 Å². The Morgan fingerprint density at radius 1 is 0.852 bits per heavy atom. The van der Waals surface area contributed by atoms with E-state index in [2.05, 4.69) is 10.2 Å². The molecule has 1 N–H and O–H groups in total. The number of nitrogens with zero attached hydrogens (tertiary/aromatic N) is 2. The quantitative estimate of drug-likeness (QED) is 0.886. The van der Waals surface area contributed by atoms with Crippen LogP contribution in [0.15, 0.2) is 48.5 Å². The van der Waals surface area contributed by atoms with E-state index in [0.717, 1.165) is 24.3 Å². The van der Waals surface area contributed by atoms with Crippen molar-refractivity contribution in [1.29, 1.82) is 0 Å². The molecule has 5 heteroatoms. The first-order valence-corrected chi connectivity index (χ1v) is 9.42. The molecular formula is C22H27N3O2. The number of hydrogen-bond donors (Lipinski definition) is 1. The highest BCUT2D eigenvalue weighted by molar-refractivity contribution is 5.92. The molecule has 0 aromatic heterocycles. The predicted octanol–water partition coefficient (Wildman–Crippen LogP) is 2.63.